The molecule has 0 bridgehead atoms. The predicted molar refractivity (Wildman–Crippen MR) is 105 cm³/mol. The van der Waals surface area contributed by atoms with Crippen molar-refractivity contribution < 1.29 is 17.6 Å². The number of benzene rings is 1. The molecule has 10 heteroatoms. The van der Waals surface area contributed by atoms with Crippen LogP contribution in [0.1, 0.15) is 25.0 Å². The number of nitrogens with one attached hydrogen (secondary N) is 2. The van der Waals surface area contributed by atoms with Gasteiger partial charge < -0.3 is 5.32 Å². The number of carbonyl (C=O) groups is 1. The Morgan fingerprint density at radius 3 is 2.72 bits per heavy atom. The summed E-state index contributed by atoms with van der Waals surface area (Å²) >= 11 is 0. The Balaban J connectivity index is 1.61. The van der Waals surface area contributed by atoms with Gasteiger partial charge in [-0.1, -0.05) is 6.42 Å². The molecule has 2 N–H and O–H groups in total. The number of aromatic nitrogens is 3. The first-order chi connectivity index (χ1) is 13.9. The maximum atomic E-state index is 13.2. The first-order valence-corrected chi connectivity index (χ1v) is 10.7. The molecule has 0 radical (unpaired) electrons. The number of aryl methyl sites for hydroxylation is 1. The van der Waals surface area contributed by atoms with E-state index in [1.54, 1.807) is 12.1 Å². The smallest absolute Gasteiger partial charge is 0.244 e. The third kappa shape index (κ3) is 3.73. The number of piperidine rings is 1. The molecule has 3 heterocycles. The molecule has 0 spiro atoms. The van der Waals surface area contributed by atoms with Gasteiger partial charge in [0.1, 0.15) is 11.9 Å². The molecule has 0 saturated carbocycles. The number of fused-ring (bicyclic) bond motifs is 1. The van der Waals surface area contributed by atoms with Crippen LogP contribution in [-0.4, -0.2) is 46.4 Å². The zero-order chi connectivity index (χ0) is 20.6. The molecule has 4 rings (SSSR count). The van der Waals surface area contributed by atoms with Crippen LogP contribution in [-0.2, 0) is 14.8 Å². The summed E-state index contributed by atoms with van der Waals surface area (Å²) < 4.78 is 40.5. The number of amides is 1. The first kappa shape index (κ1) is 19.5. The third-order valence-corrected chi connectivity index (χ3v) is 6.90. The number of pyridine rings is 1. The van der Waals surface area contributed by atoms with Crippen molar-refractivity contribution in [3.05, 3.63) is 47.9 Å². The summed E-state index contributed by atoms with van der Waals surface area (Å²) in [5.74, 6) is -0.669. The molecule has 1 aromatic carbocycles. The van der Waals surface area contributed by atoms with Crippen LogP contribution in [0.5, 0.6) is 0 Å². The van der Waals surface area contributed by atoms with Gasteiger partial charge in [0.05, 0.1) is 10.3 Å². The van der Waals surface area contributed by atoms with Crippen LogP contribution in [0.3, 0.4) is 0 Å². The Morgan fingerprint density at radius 1 is 1.21 bits per heavy atom. The number of anilines is 1. The number of hydrogen-bond acceptors (Lipinski definition) is 5. The van der Waals surface area contributed by atoms with Crippen molar-refractivity contribution in [3.63, 3.8) is 0 Å². The lowest BCUT2D eigenvalue weighted by Crippen LogP contribution is -2.49. The van der Waals surface area contributed by atoms with Crippen LogP contribution in [0.25, 0.3) is 11.0 Å². The average Bonchev–Trinajstić information content (AvgIpc) is 3.10. The largest absolute Gasteiger partial charge is 0.307 e. The van der Waals surface area contributed by atoms with Gasteiger partial charge in [0.25, 0.3) is 0 Å². The van der Waals surface area contributed by atoms with E-state index in [1.807, 2.05) is 6.92 Å². The van der Waals surface area contributed by atoms with Crippen molar-refractivity contribution in [2.24, 2.45) is 0 Å². The number of halogens is 1. The number of nitrogens with zero attached hydrogens (tertiary/aromatic N) is 3. The molecule has 0 unspecified atom stereocenters. The molecule has 1 aliphatic rings. The van der Waals surface area contributed by atoms with E-state index in [4.69, 9.17) is 0 Å². The third-order valence-electron chi connectivity index (χ3n) is 4.98. The van der Waals surface area contributed by atoms with Crippen LogP contribution in [0.4, 0.5) is 10.2 Å². The van der Waals surface area contributed by atoms with E-state index in [0.717, 1.165) is 24.2 Å². The van der Waals surface area contributed by atoms with Crippen molar-refractivity contribution >= 4 is 32.8 Å². The maximum absolute atomic E-state index is 13.2. The first-order valence-electron chi connectivity index (χ1n) is 9.26. The summed E-state index contributed by atoms with van der Waals surface area (Å²) in [6.45, 7) is 2.07. The lowest BCUT2D eigenvalue weighted by atomic mass is 10.0. The highest BCUT2D eigenvalue weighted by atomic mass is 32.2. The molecule has 3 aromatic rings. The average molecular weight is 417 g/mol. The van der Waals surface area contributed by atoms with E-state index in [0.29, 0.717) is 29.7 Å². The van der Waals surface area contributed by atoms with Crippen LogP contribution in [0.15, 0.2) is 41.3 Å². The quantitative estimate of drug-likeness (QED) is 0.678. The second-order valence-corrected chi connectivity index (χ2v) is 8.88. The normalized spacial score (nSPS) is 18.1. The zero-order valence-corrected chi connectivity index (χ0v) is 16.5. The molecule has 1 aliphatic heterocycles. The fourth-order valence-corrected chi connectivity index (χ4v) is 5.15. The minimum atomic E-state index is -3.93. The van der Waals surface area contributed by atoms with Gasteiger partial charge in [-0.15, -0.1) is 0 Å². The lowest BCUT2D eigenvalue weighted by molar-refractivity contribution is -0.120. The Labute approximate surface area is 167 Å². The van der Waals surface area contributed by atoms with Gasteiger partial charge >= 0.3 is 0 Å². The van der Waals surface area contributed by atoms with Crippen LogP contribution < -0.4 is 5.32 Å². The van der Waals surface area contributed by atoms with E-state index in [1.165, 1.54) is 16.4 Å². The van der Waals surface area contributed by atoms with E-state index >= 15 is 0 Å². The molecule has 1 atom stereocenters. The molecule has 29 heavy (non-hydrogen) atoms. The SMILES string of the molecule is Cc1ccc2c(NC(=O)[C@@H]3CCCCN3S(=O)(=O)c3ccc(F)cc3)n[nH]c2n1. The van der Waals surface area contributed by atoms with Crippen LogP contribution >= 0.6 is 0 Å². The summed E-state index contributed by atoms with van der Waals surface area (Å²) in [4.78, 5) is 17.2. The lowest BCUT2D eigenvalue weighted by Gasteiger charge is -2.33. The van der Waals surface area contributed by atoms with Crippen molar-refractivity contribution in [3.8, 4) is 0 Å². The van der Waals surface area contributed by atoms with E-state index in [2.05, 4.69) is 20.5 Å². The Kier molecular flexibility index (Phi) is 5.05. The Bertz CT molecular complexity index is 1160. The van der Waals surface area contributed by atoms with E-state index in [-0.39, 0.29) is 11.4 Å². The van der Waals surface area contributed by atoms with Gasteiger partial charge in [0.15, 0.2) is 11.5 Å². The summed E-state index contributed by atoms with van der Waals surface area (Å²) in [6.07, 6.45) is 1.78. The highest BCUT2D eigenvalue weighted by molar-refractivity contribution is 7.89. The standard InChI is InChI=1S/C19H20FN5O3S/c1-12-5-10-15-17(21-12)23-24-18(15)22-19(26)16-4-2-3-11-25(16)29(27,28)14-8-6-13(20)7-9-14/h5-10,16H,2-4,11H2,1H3,(H2,21,22,23,24,26)/t16-/m0/s1. The van der Waals surface area contributed by atoms with Crippen molar-refractivity contribution in [2.45, 2.75) is 37.1 Å². The molecule has 2 aromatic heterocycles. The topological polar surface area (TPSA) is 108 Å². The predicted octanol–water partition coefficient (Wildman–Crippen LogP) is 2.59. The maximum Gasteiger partial charge on any atom is 0.244 e. The van der Waals surface area contributed by atoms with Gasteiger partial charge in [0, 0.05) is 12.2 Å². The van der Waals surface area contributed by atoms with Crippen LogP contribution in [0.2, 0.25) is 0 Å². The highest BCUT2D eigenvalue weighted by Gasteiger charge is 2.38. The Hall–Kier alpha value is -2.85. The molecule has 0 aliphatic carbocycles. The van der Waals surface area contributed by atoms with Gasteiger partial charge in [-0.25, -0.2) is 17.8 Å². The number of rotatable bonds is 4. The van der Waals surface area contributed by atoms with Gasteiger partial charge in [-0.2, -0.15) is 9.40 Å². The number of aromatic amines is 1. The zero-order valence-electron chi connectivity index (χ0n) is 15.7. The fourth-order valence-electron chi connectivity index (χ4n) is 3.49. The number of sulfonamides is 1. The number of H-pyrrole nitrogens is 1. The summed E-state index contributed by atoms with van der Waals surface area (Å²) in [7, 11) is -3.93. The summed E-state index contributed by atoms with van der Waals surface area (Å²) in [6, 6.07) is 7.34. The summed E-state index contributed by atoms with van der Waals surface area (Å²) in [5, 5.41) is 10.2. The van der Waals surface area contributed by atoms with Gasteiger partial charge in [0.2, 0.25) is 15.9 Å². The van der Waals surface area contributed by atoms with Crippen molar-refractivity contribution in [1.82, 2.24) is 19.5 Å². The molecular weight excluding hydrogens is 397 g/mol. The fraction of sp³-hybridized carbons (Fsp3) is 0.316. The van der Waals surface area contributed by atoms with E-state index < -0.39 is 27.8 Å². The van der Waals surface area contributed by atoms with Crippen molar-refractivity contribution in [1.29, 1.82) is 0 Å². The highest BCUT2D eigenvalue weighted by Crippen LogP contribution is 2.27. The minimum Gasteiger partial charge on any atom is -0.307 e. The molecular formula is C19H20FN5O3S. The molecule has 1 amide bonds. The molecule has 8 nitrogen and oxygen atoms in total. The minimum absolute atomic E-state index is 0.0384. The Morgan fingerprint density at radius 2 is 1.97 bits per heavy atom. The van der Waals surface area contributed by atoms with Crippen molar-refractivity contribution in [2.75, 3.05) is 11.9 Å². The van der Waals surface area contributed by atoms with Crippen LogP contribution in [0, 0.1) is 12.7 Å². The number of hydrogen-bond donors (Lipinski definition) is 2. The second kappa shape index (κ2) is 7.53. The molecule has 1 saturated heterocycles. The van der Waals surface area contributed by atoms with Gasteiger partial charge in [-0.3, -0.25) is 9.89 Å². The summed E-state index contributed by atoms with van der Waals surface area (Å²) in [5.41, 5.74) is 1.35. The molecule has 152 valence electrons. The molecule has 1 fully saturated rings. The monoisotopic (exact) mass is 417 g/mol. The van der Waals surface area contributed by atoms with E-state index in [9.17, 15) is 17.6 Å². The van der Waals surface area contributed by atoms with Gasteiger partial charge in [-0.05, 0) is 56.2 Å². The second-order valence-electron chi connectivity index (χ2n) is 6.99. The number of carbonyl (C=O) groups excluding carboxylic acids is 1.